The second kappa shape index (κ2) is 9.93. The molecule has 2 fully saturated rings. The molecule has 2 saturated carbocycles. The number of rotatable bonds is 5. The molecule has 2 aromatic carbocycles. The van der Waals surface area contributed by atoms with Gasteiger partial charge in [0, 0.05) is 18.0 Å². The van der Waals surface area contributed by atoms with Crippen molar-refractivity contribution in [2.24, 2.45) is 29.4 Å². The van der Waals surface area contributed by atoms with Gasteiger partial charge in [-0.05, 0) is 81.8 Å². The number of benzene rings is 2. The number of aliphatic hydroxyl groups is 1. The first-order valence-electron chi connectivity index (χ1n) is 13.3. The van der Waals surface area contributed by atoms with Crippen molar-refractivity contribution < 1.29 is 38.6 Å². The van der Waals surface area contributed by atoms with Gasteiger partial charge in [-0.15, -0.1) is 0 Å². The van der Waals surface area contributed by atoms with Gasteiger partial charge in [0.25, 0.3) is 0 Å². The number of nitrogens with zero attached hydrogens (tertiary/aromatic N) is 2. The first-order valence-corrected chi connectivity index (χ1v) is 13.3. The number of primary amides is 1. The molecule has 6 atom stereocenters. The molecular formula is C30H32FN3O7. The van der Waals surface area contributed by atoms with Crippen LogP contribution in [0.2, 0.25) is 0 Å². The Morgan fingerprint density at radius 2 is 1.76 bits per heavy atom. The first kappa shape index (κ1) is 28.7. The topological polar surface area (TPSA) is 158 Å². The minimum absolute atomic E-state index is 0.0473. The minimum atomic E-state index is -2.78. The molecule has 0 aromatic heterocycles. The Hall–Kier alpha value is -3.80. The number of halogens is 1. The summed E-state index contributed by atoms with van der Waals surface area (Å²) >= 11 is 0. The number of Topliss-reactive ketones (excluding diaryl/α,β-unsaturated/α-hetero) is 4. The maximum Gasteiger partial charge on any atom is 0.235 e. The summed E-state index contributed by atoms with van der Waals surface area (Å²) in [7, 11) is 6.68. The molecular weight excluding hydrogens is 533 g/mol. The molecule has 1 amide bonds. The van der Waals surface area contributed by atoms with Crippen LogP contribution in [0.5, 0.6) is 5.75 Å². The third kappa shape index (κ3) is 4.22. The van der Waals surface area contributed by atoms with E-state index in [9.17, 15) is 38.6 Å². The first-order chi connectivity index (χ1) is 19.2. The van der Waals surface area contributed by atoms with E-state index in [0.717, 1.165) is 0 Å². The standard InChI is InChI=1S/C30H32FN3O7/c1-33(2)12-15-9-13(5-7-19(15)31)16-6-8-20(35)22-17(16)10-14-11-18-24(34(3)4)26(37)23(29(32)40)28(39)30(18,41)27(38)21(14)25(22)36/h5-9,14,18,21,23-24,35,41H,10-12H2,1-4H3,(H2,32,40)/t14-,18-,21?,23?,24-,30-/m0/s1. The van der Waals surface area contributed by atoms with Crippen LogP contribution in [0.3, 0.4) is 0 Å². The number of carbonyl (C=O) groups is 5. The highest BCUT2D eigenvalue weighted by Crippen LogP contribution is 2.51. The molecule has 0 saturated heterocycles. The zero-order chi connectivity index (χ0) is 30.1. The molecule has 10 nitrogen and oxygen atoms in total. The molecule has 41 heavy (non-hydrogen) atoms. The van der Waals surface area contributed by atoms with Gasteiger partial charge in [0.05, 0.1) is 17.5 Å². The largest absolute Gasteiger partial charge is 0.507 e. The van der Waals surface area contributed by atoms with E-state index in [1.165, 1.54) is 31.1 Å². The normalized spacial score (nSPS) is 29.4. The van der Waals surface area contributed by atoms with Crippen LogP contribution in [-0.2, 0) is 32.1 Å². The molecule has 11 heteroatoms. The lowest BCUT2D eigenvalue weighted by molar-refractivity contribution is -0.181. The van der Waals surface area contributed by atoms with E-state index in [4.69, 9.17) is 5.73 Å². The Bertz CT molecular complexity index is 1520. The van der Waals surface area contributed by atoms with Gasteiger partial charge in [0.15, 0.2) is 34.7 Å². The highest BCUT2D eigenvalue weighted by molar-refractivity contribution is 6.32. The fourth-order valence-corrected chi connectivity index (χ4v) is 7.08. The molecule has 0 spiro atoms. The monoisotopic (exact) mass is 565 g/mol. The number of hydrogen-bond acceptors (Lipinski definition) is 9. The van der Waals surface area contributed by atoms with Crippen LogP contribution in [0.1, 0.15) is 27.9 Å². The maximum absolute atomic E-state index is 14.5. The Kier molecular flexibility index (Phi) is 6.96. The number of carbonyl (C=O) groups excluding carboxylic acids is 5. The van der Waals surface area contributed by atoms with Crippen molar-refractivity contribution in [2.45, 2.75) is 31.0 Å². The van der Waals surface area contributed by atoms with E-state index in [1.807, 2.05) is 19.0 Å². The van der Waals surface area contributed by atoms with Crippen LogP contribution in [0.25, 0.3) is 11.1 Å². The molecule has 3 aliphatic rings. The SMILES string of the molecule is CN(C)Cc1cc(-c2ccc(O)c3c2C[C@H]2C[C@H]4[C@H](N(C)C)C(=O)C(C(N)=O)C(=O)[C@@]4(O)C(=O)C2C3=O)ccc1F. The average molecular weight is 566 g/mol. The fraction of sp³-hybridized carbons (Fsp3) is 0.433. The number of fused-ring (bicyclic) bond motifs is 3. The number of phenols is 1. The number of likely N-dealkylation sites (N-methyl/N-ethyl adjacent to an activating group) is 1. The Morgan fingerprint density at radius 1 is 1.07 bits per heavy atom. The van der Waals surface area contributed by atoms with E-state index in [-0.39, 0.29) is 30.0 Å². The van der Waals surface area contributed by atoms with E-state index >= 15 is 0 Å². The van der Waals surface area contributed by atoms with Gasteiger partial charge in [-0.3, -0.25) is 28.9 Å². The highest BCUT2D eigenvalue weighted by atomic mass is 19.1. The Morgan fingerprint density at radius 3 is 2.37 bits per heavy atom. The number of amides is 1. The van der Waals surface area contributed by atoms with E-state index < -0.39 is 64.4 Å². The zero-order valence-corrected chi connectivity index (χ0v) is 23.2. The van der Waals surface area contributed by atoms with Crippen LogP contribution in [-0.4, -0.2) is 88.9 Å². The van der Waals surface area contributed by atoms with Crippen molar-refractivity contribution in [1.82, 2.24) is 9.80 Å². The Balaban J connectivity index is 1.64. The lowest BCUT2D eigenvalue weighted by Crippen LogP contribution is -2.74. The van der Waals surface area contributed by atoms with Crippen molar-refractivity contribution in [3.63, 3.8) is 0 Å². The molecule has 5 rings (SSSR count). The lowest BCUT2D eigenvalue weighted by Gasteiger charge is -2.52. The maximum atomic E-state index is 14.5. The van der Waals surface area contributed by atoms with Crippen LogP contribution < -0.4 is 5.73 Å². The van der Waals surface area contributed by atoms with Crippen molar-refractivity contribution in [3.8, 4) is 16.9 Å². The van der Waals surface area contributed by atoms with Gasteiger partial charge >= 0.3 is 0 Å². The predicted octanol–water partition coefficient (Wildman–Crippen LogP) is 0.735. The van der Waals surface area contributed by atoms with E-state index in [2.05, 4.69) is 0 Å². The number of aromatic hydroxyl groups is 1. The van der Waals surface area contributed by atoms with Gasteiger partial charge in [0.1, 0.15) is 11.6 Å². The molecule has 4 N–H and O–H groups in total. The summed E-state index contributed by atoms with van der Waals surface area (Å²) in [6.45, 7) is 0.332. The zero-order valence-electron chi connectivity index (χ0n) is 23.2. The summed E-state index contributed by atoms with van der Waals surface area (Å²) in [6, 6.07) is 6.36. The van der Waals surface area contributed by atoms with Gasteiger partial charge < -0.3 is 20.8 Å². The summed E-state index contributed by atoms with van der Waals surface area (Å²) in [6.07, 6.45) is 0.0737. The third-order valence-electron chi connectivity index (χ3n) is 8.79. The van der Waals surface area contributed by atoms with Crippen LogP contribution in [0.15, 0.2) is 30.3 Å². The molecule has 0 aliphatic heterocycles. The highest BCUT2D eigenvalue weighted by Gasteiger charge is 2.69. The van der Waals surface area contributed by atoms with Crippen molar-refractivity contribution in [3.05, 3.63) is 52.8 Å². The van der Waals surface area contributed by atoms with E-state index in [1.54, 1.807) is 18.2 Å². The predicted molar refractivity (Wildman–Crippen MR) is 144 cm³/mol. The molecule has 3 aliphatic carbocycles. The van der Waals surface area contributed by atoms with E-state index in [0.29, 0.717) is 28.8 Å². The smallest absolute Gasteiger partial charge is 0.235 e. The van der Waals surface area contributed by atoms with Crippen molar-refractivity contribution in [1.29, 1.82) is 0 Å². The molecule has 2 aromatic rings. The molecule has 216 valence electrons. The summed E-state index contributed by atoms with van der Waals surface area (Å²) in [5.74, 6) is -11.4. The lowest BCUT2D eigenvalue weighted by atomic mass is 9.52. The fourth-order valence-electron chi connectivity index (χ4n) is 7.08. The van der Waals surface area contributed by atoms with Crippen LogP contribution >= 0.6 is 0 Å². The summed E-state index contributed by atoms with van der Waals surface area (Å²) in [4.78, 5) is 69.8. The summed E-state index contributed by atoms with van der Waals surface area (Å²) in [5.41, 5.74) is 4.55. The van der Waals surface area contributed by atoms with Gasteiger partial charge in [0.2, 0.25) is 5.91 Å². The van der Waals surface area contributed by atoms with Crippen LogP contribution in [0, 0.1) is 29.5 Å². The molecule has 0 heterocycles. The van der Waals surface area contributed by atoms with Crippen molar-refractivity contribution >= 4 is 29.0 Å². The van der Waals surface area contributed by atoms with Gasteiger partial charge in [-0.25, -0.2) is 4.39 Å². The molecule has 0 radical (unpaired) electrons. The second-order valence-corrected chi connectivity index (χ2v) is 11.8. The molecule has 2 unspecified atom stereocenters. The summed E-state index contributed by atoms with van der Waals surface area (Å²) < 4.78 is 14.5. The van der Waals surface area contributed by atoms with Crippen molar-refractivity contribution in [2.75, 3.05) is 28.2 Å². The average Bonchev–Trinajstić information content (AvgIpc) is 2.87. The summed E-state index contributed by atoms with van der Waals surface area (Å²) in [5, 5.41) is 22.4. The number of ketones is 4. The van der Waals surface area contributed by atoms with Gasteiger partial charge in [-0.2, -0.15) is 0 Å². The number of phenolic OH excluding ortho intramolecular Hbond substituents is 1. The Labute approximate surface area is 235 Å². The number of hydrogen-bond donors (Lipinski definition) is 3. The third-order valence-corrected chi connectivity index (χ3v) is 8.79. The quantitative estimate of drug-likeness (QED) is 0.445. The second-order valence-electron chi connectivity index (χ2n) is 11.8. The number of nitrogens with two attached hydrogens (primary N) is 1. The van der Waals surface area contributed by atoms with Gasteiger partial charge in [-0.1, -0.05) is 12.1 Å². The minimum Gasteiger partial charge on any atom is -0.507 e. The molecule has 0 bridgehead atoms. The van der Waals surface area contributed by atoms with Crippen LogP contribution in [0.4, 0.5) is 4.39 Å².